The van der Waals surface area contributed by atoms with Crippen molar-refractivity contribution in [1.29, 1.82) is 0 Å². The van der Waals surface area contributed by atoms with Gasteiger partial charge < -0.3 is 10.6 Å². The molecule has 1 aromatic carbocycles. The van der Waals surface area contributed by atoms with Gasteiger partial charge in [-0.3, -0.25) is 9.59 Å². The van der Waals surface area contributed by atoms with Gasteiger partial charge in [0.15, 0.2) is 0 Å². The van der Waals surface area contributed by atoms with Crippen LogP contribution in [0.2, 0.25) is 0 Å². The maximum atomic E-state index is 12.3. The molecule has 0 spiro atoms. The van der Waals surface area contributed by atoms with Gasteiger partial charge in [0.2, 0.25) is 11.8 Å². The van der Waals surface area contributed by atoms with Crippen molar-refractivity contribution in [1.82, 2.24) is 5.32 Å². The van der Waals surface area contributed by atoms with E-state index in [-0.39, 0.29) is 23.7 Å². The Kier molecular flexibility index (Phi) is 6.20. The number of nitrogens with one attached hydrogen (secondary N) is 2. The van der Waals surface area contributed by atoms with Gasteiger partial charge in [0.05, 0.1) is 0 Å². The molecule has 0 unspecified atom stereocenters. The predicted molar refractivity (Wildman–Crippen MR) is 93.1 cm³/mol. The Morgan fingerprint density at radius 1 is 1.00 bits per heavy atom. The van der Waals surface area contributed by atoms with Gasteiger partial charge in [-0.05, 0) is 50.7 Å². The van der Waals surface area contributed by atoms with E-state index >= 15 is 0 Å². The smallest absolute Gasteiger partial charge is 0.227 e. The van der Waals surface area contributed by atoms with Crippen LogP contribution in [-0.2, 0) is 9.59 Å². The molecule has 0 atom stereocenters. The van der Waals surface area contributed by atoms with Crippen LogP contribution in [0, 0.1) is 24.7 Å². The first kappa shape index (κ1) is 17.5. The lowest BCUT2D eigenvalue weighted by molar-refractivity contribution is -0.128. The first-order valence-corrected chi connectivity index (χ1v) is 8.61. The first-order chi connectivity index (χ1) is 11.0. The van der Waals surface area contributed by atoms with Gasteiger partial charge in [0, 0.05) is 24.1 Å². The zero-order valence-corrected chi connectivity index (χ0v) is 14.4. The molecule has 126 valence electrons. The summed E-state index contributed by atoms with van der Waals surface area (Å²) in [6.07, 6.45) is 3.18. The minimum Gasteiger partial charge on any atom is -0.356 e. The number of aryl methyl sites for hydroxylation is 1. The zero-order chi connectivity index (χ0) is 16.8. The number of carbonyl (C=O) groups excluding carboxylic acids is 2. The van der Waals surface area contributed by atoms with Gasteiger partial charge in [0.1, 0.15) is 0 Å². The lowest BCUT2D eigenvalue weighted by Gasteiger charge is -2.27. The summed E-state index contributed by atoms with van der Waals surface area (Å²) in [5.41, 5.74) is 2.02. The second-order valence-corrected chi connectivity index (χ2v) is 7.04. The molecule has 1 saturated carbocycles. The third-order valence-corrected chi connectivity index (χ3v) is 4.47. The largest absolute Gasteiger partial charge is 0.356 e. The highest BCUT2D eigenvalue weighted by Gasteiger charge is 2.29. The maximum Gasteiger partial charge on any atom is 0.227 e. The Labute approximate surface area is 139 Å². The molecule has 0 heterocycles. The van der Waals surface area contributed by atoms with Crippen LogP contribution in [0.25, 0.3) is 0 Å². The number of benzene rings is 1. The fraction of sp³-hybridized carbons (Fsp3) is 0.579. The topological polar surface area (TPSA) is 58.2 Å². The van der Waals surface area contributed by atoms with E-state index in [2.05, 4.69) is 24.5 Å². The van der Waals surface area contributed by atoms with Crippen LogP contribution in [0.15, 0.2) is 24.3 Å². The van der Waals surface area contributed by atoms with E-state index < -0.39 is 0 Å². The van der Waals surface area contributed by atoms with Crippen LogP contribution in [0.5, 0.6) is 0 Å². The van der Waals surface area contributed by atoms with E-state index in [1.165, 1.54) is 5.56 Å². The van der Waals surface area contributed by atoms with E-state index in [4.69, 9.17) is 0 Å². The second-order valence-electron chi connectivity index (χ2n) is 7.04. The first-order valence-electron chi connectivity index (χ1n) is 8.61. The average molecular weight is 316 g/mol. The van der Waals surface area contributed by atoms with Gasteiger partial charge in [-0.15, -0.1) is 0 Å². The van der Waals surface area contributed by atoms with Gasteiger partial charge >= 0.3 is 0 Å². The molecule has 1 aromatic rings. The number of rotatable bonds is 5. The summed E-state index contributed by atoms with van der Waals surface area (Å²) in [6, 6.07) is 7.84. The molecule has 2 rings (SSSR count). The molecule has 23 heavy (non-hydrogen) atoms. The summed E-state index contributed by atoms with van der Waals surface area (Å²) >= 11 is 0. The lowest BCUT2D eigenvalue weighted by Crippen LogP contribution is -2.36. The summed E-state index contributed by atoms with van der Waals surface area (Å²) in [4.78, 5) is 24.4. The van der Waals surface area contributed by atoms with E-state index in [0.717, 1.165) is 37.9 Å². The molecule has 0 bridgehead atoms. The van der Waals surface area contributed by atoms with Crippen molar-refractivity contribution in [3.05, 3.63) is 29.8 Å². The SMILES string of the molecule is Cc1ccc(NC(=O)C2CCC(C(=O)NCC(C)C)CC2)cc1. The quantitative estimate of drug-likeness (QED) is 0.873. The Hall–Kier alpha value is -1.84. The minimum absolute atomic E-state index is 0.0189. The summed E-state index contributed by atoms with van der Waals surface area (Å²) in [5.74, 6) is 0.782. The molecule has 1 aliphatic carbocycles. The summed E-state index contributed by atoms with van der Waals surface area (Å²) in [5, 5.41) is 5.99. The van der Waals surface area contributed by atoms with Gasteiger partial charge in [0.25, 0.3) is 0 Å². The van der Waals surface area contributed by atoms with Crippen LogP contribution >= 0.6 is 0 Å². The number of amides is 2. The van der Waals surface area contributed by atoms with Crippen molar-refractivity contribution in [3.8, 4) is 0 Å². The van der Waals surface area contributed by atoms with Crippen LogP contribution in [-0.4, -0.2) is 18.4 Å². The van der Waals surface area contributed by atoms with E-state index in [1.54, 1.807) is 0 Å². The predicted octanol–water partition coefficient (Wildman–Crippen LogP) is 3.51. The standard InChI is InChI=1S/C19H28N2O2/c1-13(2)12-20-18(22)15-6-8-16(9-7-15)19(23)21-17-10-4-14(3)5-11-17/h4-5,10-11,13,15-16H,6-9,12H2,1-3H3,(H,20,22)(H,21,23). The highest BCUT2D eigenvalue weighted by molar-refractivity contribution is 5.92. The molecular formula is C19H28N2O2. The summed E-state index contributed by atoms with van der Waals surface area (Å²) < 4.78 is 0. The lowest BCUT2D eigenvalue weighted by atomic mass is 9.81. The number of hydrogen-bond donors (Lipinski definition) is 2. The molecule has 1 fully saturated rings. The van der Waals surface area contributed by atoms with Crippen molar-refractivity contribution in [3.63, 3.8) is 0 Å². The van der Waals surface area contributed by atoms with E-state index in [1.807, 2.05) is 31.2 Å². The van der Waals surface area contributed by atoms with Crippen molar-refractivity contribution >= 4 is 17.5 Å². The van der Waals surface area contributed by atoms with Crippen molar-refractivity contribution in [2.75, 3.05) is 11.9 Å². The fourth-order valence-electron chi connectivity index (χ4n) is 2.95. The summed E-state index contributed by atoms with van der Waals surface area (Å²) in [7, 11) is 0. The number of anilines is 1. The van der Waals surface area contributed by atoms with Gasteiger partial charge in [-0.1, -0.05) is 31.5 Å². The zero-order valence-electron chi connectivity index (χ0n) is 14.4. The van der Waals surface area contributed by atoms with Crippen LogP contribution in [0.3, 0.4) is 0 Å². The van der Waals surface area contributed by atoms with E-state index in [0.29, 0.717) is 5.92 Å². The van der Waals surface area contributed by atoms with Gasteiger partial charge in [-0.25, -0.2) is 0 Å². The molecule has 0 radical (unpaired) electrons. The molecule has 0 aliphatic heterocycles. The third-order valence-electron chi connectivity index (χ3n) is 4.47. The monoisotopic (exact) mass is 316 g/mol. The van der Waals surface area contributed by atoms with Crippen LogP contribution in [0.1, 0.15) is 45.1 Å². The molecule has 4 nitrogen and oxygen atoms in total. The third kappa shape index (κ3) is 5.38. The molecular weight excluding hydrogens is 288 g/mol. The summed E-state index contributed by atoms with van der Waals surface area (Å²) in [6.45, 7) is 6.93. The fourth-order valence-corrected chi connectivity index (χ4v) is 2.95. The number of hydrogen-bond acceptors (Lipinski definition) is 2. The molecule has 1 aliphatic rings. The Balaban J connectivity index is 1.78. The molecule has 2 amide bonds. The number of carbonyl (C=O) groups is 2. The Bertz CT molecular complexity index is 529. The molecule has 4 heteroatoms. The maximum absolute atomic E-state index is 12.3. The molecule has 0 saturated heterocycles. The Morgan fingerprint density at radius 3 is 2.04 bits per heavy atom. The van der Waals surface area contributed by atoms with Crippen molar-refractivity contribution < 1.29 is 9.59 Å². The van der Waals surface area contributed by atoms with Crippen molar-refractivity contribution in [2.45, 2.75) is 46.5 Å². The van der Waals surface area contributed by atoms with Crippen LogP contribution in [0.4, 0.5) is 5.69 Å². The van der Waals surface area contributed by atoms with Crippen LogP contribution < -0.4 is 10.6 Å². The van der Waals surface area contributed by atoms with Gasteiger partial charge in [-0.2, -0.15) is 0 Å². The van der Waals surface area contributed by atoms with Crippen molar-refractivity contribution in [2.24, 2.45) is 17.8 Å². The average Bonchev–Trinajstić information content (AvgIpc) is 2.55. The second kappa shape index (κ2) is 8.14. The molecule has 2 N–H and O–H groups in total. The Morgan fingerprint density at radius 2 is 1.52 bits per heavy atom. The molecule has 0 aromatic heterocycles. The van der Waals surface area contributed by atoms with E-state index in [9.17, 15) is 9.59 Å². The highest BCUT2D eigenvalue weighted by atomic mass is 16.2. The normalized spacial score (nSPS) is 21.0. The highest BCUT2D eigenvalue weighted by Crippen LogP contribution is 2.30. The minimum atomic E-state index is 0.0189.